The smallest absolute Gasteiger partial charge is 0.346 e. The van der Waals surface area contributed by atoms with E-state index in [4.69, 9.17) is 0 Å². The molecule has 0 unspecified atom stereocenters. The average Bonchev–Trinajstić information content (AvgIpc) is 3.09. The maximum absolute atomic E-state index is 12.6. The quantitative estimate of drug-likeness (QED) is 0.518. The predicted molar refractivity (Wildman–Crippen MR) is 108 cm³/mol. The standard InChI is InChI=1S/C19H16N2O3S2/c1-25-21-14-9-5-8-13(10-14)20-18(22)16-11-15(17(26-16)19(23)24)12-6-3-2-4-7-12/h2-11,21H,1H3,(H,20,22)(H,23,24). The molecule has 132 valence electrons. The molecule has 0 bridgehead atoms. The molecule has 5 nitrogen and oxygen atoms in total. The monoisotopic (exact) mass is 384 g/mol. The van der Waals surface area contributed by atoms with Crippen LogP contribution in [-0.4, -0.2) is 23.2 Å². The summed E-state index contributed by atoms with van der Waals surface area (Å²) in [5.41, 5.74) is 2.83. The molecule has 3 N–H and O–H groups in total. The van der Waals surface area contributed by atoms with Crippen molar-refractivity contribution in [1.82, 2.24) is 0 Å². The third kappa shape index (κ3) is 4.07. The lowest BCUT2D eigenvalue weighted by atomic mass is 10.1. The zero-order valence-corrected chi connectivity index (χ0v) is 15.5. The maximum Gasteiger partial charge on any atom is 0.346 e. The van der Waals surface area contributed by atoms with Gasteiger partial charge in [-0.25, -0.2) is 4.79 Å². The van der Waals surface area contributed by atoms with E-state index in [0.29, 0.717) is 16.1 Å². The fraction of sp³-hybridized carbons (Fsp3) is 0.0526. The largest absolute Gasteiger partial charge is 0.477 e. The van der Waals surface area contributed by atoms with Crippen LogP contribution in [0.2, 0.25) is 0 Å². The van der Waals surface area contributed by atoms with Crippen LogP contribution < -0.4 is 10.0 Å². The first kappa shape index (κ1) is 18.0. The third-order valence-corrected chi connectivity index (χ3v) is 5.14. The van der Waals surface area contributed by atoms with Crippen LogP contribution in [0.1, 0.15) is 19.3 Å². The van der Waals surface area contributed by atoms with E-state index in [2.05, 4.69) is 10.0 Å². The number of amides is 1. The fourth-order valence-electron chi connectivity index (χ4n) is 2.46. The summed E-state index contributed by atoms with van der Waals surface area (Å²) in [7, 11) is 0. The molecular formula is C19H16N2O3S2. The summed E-state index contributed by atoms with van der Waals surface area (Å²) in [5.74, 6) is -1.37. The van der Waals surface area contributed by atoms with Crippen molar-refractivity contribution in [2.45, 2.75) is 0 Å². The van der Waals surface area contributed by atoms with Crippen molar-refractivity contribution in [1.29, 1.82) is 0 Å². The van der Waals surface area contributed by atoms with Gasteiger partial charge in [0.25, 0.3) is 5.91 Å². The van der Waals surface area contributed by atoms with Crippen molar-refractivity contribution in [2.24, 2.45) is 0 Å². The number of nitrogens with one attached hydrogen (secondary N) is 2. The summed E-state index contributed by atoms with van der Waals surface area (Å²) in [4.78, 5) is 24.7. The van der Waals surface area contributed by atoms with Gasteiger partial charge in [-0.15, -0.1) is 11.3 Å². The second-order valence-electron chi connectivity index (χ2n) is 5.37. The van der Waals surface area contributed by atoms with E-state index in [0.717, 1.165) is 22.6 Å². The van der Waals surface area contributed by atoms with E-state index in [9.17, 15) is 14.7 Å². The number of carboxylic acids is 1. The van der Waals surface area contributed by atoms with Crippen molar-refractivity contribution in [2.75, 3.05) is 16.3 Å². The highest BCUT2D eigenvalue weighted by Crippen LogP contribution is 2.32. The summed E-state index contributed by atoms with van der Waals surface area (Å²) in [5, 5.41) is 12.3. The minimum absolute atomic E-state index is 0.152. The minimum Gasteiger partial charge on any atom is -0.477 e. The van der Waals surface area contributed by atoms with Crippen molar-refractivity contribution >= 4 is 46.5 Å². The van der Waals surface area contributed by atoms with E-state index >= 15 is 0 Å². The Hall–Kier alpha value is -2.77. The van der Waals surface area contributed by atoms with E-state index < -0.39 is 5.97 Å². The number of carbonyl (C=O) groups excluding carboxylic acids is 1. The molecule has 3 aromatic rings. The highest BCUT2D eigenvalue weighted by atomic mass is 32.2. The molecular weight excluding hydrogens is 368 g/mol. The van der Waals surface area contributed by atoms with Gasteiger partial charge in [0.1, 0.15) is 4.88 Å². The van der Waals surface area contributed by atoms with Gasteiger partial charge in [0.2, 0.25) is 0 Å². The van der Waals surface area contributed by atoms with Crippen LogP contribution in [0.25, 0.3) is 11.1 Å². The van der Waals surface area contributed by atoms with Gasteiger partial charge in [0, 0.05) is 23.2 Å². The van der Waals surface area contributed by atoms with Crippen molar-refractivity contribution in [3.63, 3.8) is 0 Å². The third-order valence-electron chi connectivity index (χ3n) is 3.58. The van der Waals surface area contributed by atoms with Crippen LogP contribution in [0.4, 0.5) is 11.4 Å². The summed E-state index contributed by atoms with van der Waals surface area (Å²) in [6, 6.07) is 18.1. The first-order valence-corrected chi connectivity index (χ1v) is 9.75. The highest BCUT2D eigenvalue weighted by Gasteiger charge is 2.20. The number of anilines is 2. The number of thiophene rings is 1. The molecule has 1 amide bonds. The number of benzene rings is 2. The van der Waals surface area contributed by atoms with Gasteiger partial charge in [-0.2, -0.15) is 0 Å². The zero-order chi connectivity index (χ0) is 18.5. The number of rotatable bonds is 6. The highest BCUT2D eigenvalue weighted by molar-refractivity contribution is 7.99. The van der Waals surface area contributed by atoms with Crippen LogP contribution in [0.3, 0.4) is 0 Å². The van der Waals surface area contributed by atoms with Crippen LogP contribution in [0, 0.1) is 0 Å². The number of aromatic carboxylic acids is 1. The van der Waals surface area contributed by atoms with E-state index in [1.807, 2.05) is 54.8 Å². The molecule has 1 aromatic heterocycles. The Morgan fingerprint density at radius 3 is 2.42 bits per heavy atom. The first-order valence-electron chi connectivity index (χ1n) is 7.71. The molecule has 0 aliphatic carbocycles. The predicted octanol–water partition coefficient (Wildman–Crippen LogP) is 5.06. The lowest BCUT2D eigenvalue weighted by molar-refractivity contribution is 0.0702. The minimum atomic E-state index is -1.04. The number of hydrogen-bond acceptors (Lipinski definition) is 5. The average molecular weight is 384 g/mol. The first-order chi connectivity index (χ1) is 12.6. The SMILES string of the molecule is CSNc1cccc(NC(=O)c2cc(-c3ccccc3)c(C(=O)O)s2)c1. The van der Waals surface area contributed by atoms with Crippen molar-refractivity contribution < 1.29 is 14.7 Å². The van der Waals surface area contributed by atoms with Crippen LogP contribution in [-0.2, 0) is 0 Å². The Kier molecular flexibility index (Phi) is 5.60. The van der Waals surface area contributed by atoms with Crippen LogP contribution >= 0.6 is 23.3 Å². The Bertz CT molecular complexity index is 939. The summed E-state index contributed by atoms with van der Waals surface area (Å²) in [6.07, 6.45) is 1.91. The Morgan fingerprint density at radius 1 is 1.00 bits per heavy atom. The summed E-state index contributed by atoms with van der Waals surface area (Å²) < 4.78 is 3.10. The molecule has 26 heavy (non-hydrogen) atoms. The molecule has 2 aromatic carbocycles. The second kappa shape index (κ2) is 8.07. The topological polar surface area (TPSA) is 78.4 Å². The zero-order valence-electron chi connectivity index (χ0n) is 13.9. The molecule has 0 aliphatic heterocycles. The van der Waals surface area contributed by atoms with Gasteiger partial charge < -0.3 is 15.1 Å². The van der Waals surface area contributed by atoms with Crippen molar-refractivity contribution in [3.05, 3.63) is 70.4 Å². The number of carboxylic acid groups (broad SMARTS) is 1. The molecule has 0 fully saturated rings. The molecule has 0 radical (unpaired) electrons. The summed E-state index contributed by atoms with van der Waals surface area (Å²) in [6.45, 7) is 0. The molecule has 0 spiro atoms. The molecule has 0 aliphatic rings. The fourth-order valence-corrected chi connectivity index (χ4v) is 3.74. The van der Waals surface area contributed by atoms with Gasteiger partial charge >= 0.3 is 5.97 Å². The molecule has 3 rings (SSSR count). The lowest BCUT2D eigenvalue weighted by Gasteiger charge is -2.06. The number of carbonyl (C=O) groups is 2. The number of hydrogen-bond donors (Lipinski definition) is 3. The normalized spacial score (nSPS) is 10.3. The molecule has 7 heteroatoms. The Balaban J connectivity index is 1.88. The van der Waals surface area contributed by atoms with Gasteiger partial charge in [0.05, 0.1) is 4.88 Å². The lowest BCUT2D eigenvalue weighted by Crippen LogP contribution is -2.10. The second-order valence-corrected chi connectivity index (χ2v) is 7.03. The van der Waals surface area contributed by atoms with E-state index in [1.54, 1.807) is 12.1 Å². The van der Waals surface area contributed by atoms with E-state index in [-0.39, 0.29) is 10.8 Å². The van der Waals surface area contributed by atoms with E-state index in [1.165, 1.54) is 11.9 Å². The van der Waals surface area contributed by atoms with Gasteiger partial charge in [-0.1, -0.05) is 48.3 Å². The van der Waals surface area contributed by atoms with Crippen LogP contribution in [0.15, 0.2) is 60.7 Å². The maximum atomic E-state index is 12.6. The molecule has 0 atom stereocenters. The molecule has 0 saturated carbocycles. The molecule has 1 heterocycles. The van der Waals surface area contributed by atoms with Crippen molar-refractivity contribution in [3.8, 4) is 11.1 Å². The van der Waals surface area contributed by atoms with Crippen LogP contribution in [0.5, 0.6) is 0 Å². The van der Waals surface area contributed by atoms with Gasteiger partial charge in [-0.3, -0.25) is 4.79 Å². The van der Waals surface area contributed by atoms with Gasteiger partial charge in [-0.05, 0) is 29.8 Å². The summed E-state index contributed by atoms with van der Waals surface area (Å²) >= 11 is 2.43. The van der Waals surface area contributed by atoms with Gasteiger partial charge in [0.15, 0.2) is 0 Å². The molecule has 0 saturated heterocycles. The Morgan fingerprint density at radius 2 is 1.73 bits per heavy atom. The Labute approximate surface area is 159 Å².